The van der Waals surface area contributed by atoms with E-state index >= 15 is 0 Å². The molecular formula is C15H23N3O. The van der Waals surface area contributed by atoms with Crippen molar-refractivity contribution < 1.29 is 4.79 Å². The quantitative estimate of drug-likeness (QED) is 0.863. The SMILES string of the molecule is Cc1cccc(C)c1N1CCCNC(=O)C1CCN. The number of nitrogens with zero attached hydrogens (tertiary/aromatic N) is 1. The predicted octanol–water partition coefficient (Wildman–Crippen LogP) is 1.35. The van der Waals surface area contributed by atoms with E-state index in [2.05, 4.69) is 42.3 Å². The molecule has 4 heteroatoms. The summed E-state index contributed by atoms with van der Waals surface area (Å²) in [7, 11) is 0. The van der Waals surface area contributed by atoms with E-state index in [1.165, 1.54) is 16.8 Å². The van der Waals surface area contributed by atoms with Gasteiger partial charge < -0.3 is 16.0 Å². The molecule has 1 heterocycles. The van der Waals surface area contributed by atoms with Gasteiger partial charge in [0.05, 0.1) is 0 Å². The molecule has 2 rings (SSSR count). The van der Waals surface area contributed by atoms with Crippen LogP contribution in [0.1, 0.15) is 24.0 Å². The molecule has 1 aromatic carbocycles. The standard InChI is InChI=1S/C15H23N3O/c1-11-5-3-6-12(2)14(11)18-10-4-9-17-15(19)13(18)7-8-16/h3,5-6,13H,4,7-10,16H2,1-2H3,(H,17,19). The number of hydrogen-bond donors (Lipinski definition) is 2. The number of nitrogens with one attached hydrogen (secondary N) is 1. The molecule has 0 radical (unpaired) electrons. The van der Waals surface area contributed by atoms with Crippen molar-refractivity contribution >= 4 is 11.6 Å². The van der Waals surface area contributed by atoms with Crippen molar-refractivity contribution in [1.29, 1.82) is 0 Å². The van der Waals surface area contributed by atoms with Crippen molar-refractivity contribution in [2.75, 3.05) is 24.5 Å². The zero-order chi connectivity index (χ0) is 13.8. The smallest absolute Gasteiger partial charge is 0.242 e. The maximum absolute atomic E-state index is 12.2. The van der Waals surface area contributed by atoms with Gasteiger partial charge in [-0.05, 0) is 44.4 Å². The molecule has 104 valence electrons. The number of hydrogen-bond acceptors (Lipinski definition) is 3. The third kappa shape index (κ3) is 2.89. The van der Waals surface area contributed by atoms with Crippen LogP contribution in [-0.4, -0.2) is 31.6 Å². The Kier molecular flexibility index (Phi) is 4.43. The van der Waals surface area contributed by atoms with Gasteiger partial charge in [0.25, 0.3) is 0 Å². The lowest BCUT2D eigenvalue weighted by Crippen LogP contribution is -2.46. The Morgan fingerprint density at radius 3 is 2.68 bits per heavy atom. The summed E-state index contributed by atoms with van der Waals surface area (Å²) in [6, 6.07) is 6.12. The Morgan fingerprint density at radius 1 is 1.37 bits per heavy atom. The van der Waals surface area contributed by atoms with Crippen molar-refractivity contribution in [3.05, 3.63) is 29.3 Å². The minimum absolute atomic E-state index is 0.102. The lowest BCUT2D eigenvalue weighted by Gasteiger charge is -2.32. The van der Waals surface area contributed by atoms with Crippen LogP contribution in [0.4, 0.5) is 5.69 Å². The van der Waals surface area contributed by atoms with Crippen molar-refractivity contribution in [2.45, 2.75) is 32.7 Å². The van der Waals surface area contributed by atoms with Crippen LogP contribution in [0.3, 0.4) is 0 Å². The lowest BCUT2D eigenvalue weighted by molar-refractivity contribution is -0.122. The topological polar surface area (TPSA) is 58.4 Å². The van der Waals surface area contributed by atoms with Crippen molar-refractivity contribution in [2.24, 2.45) is 5.73 Å². The molecule has 3 N–H and O–H groups in total. The highest BCUT2D eigenvalue weighted by atomic mass is 16.2. The second-order valence-corrected chi connectivity index (χ2v) is 5.17. The largest absolute Gasteiger partial charge is 0.359 e. The maximum Gasteiger partial charge on any atom is 0.242 e. The van der Waals surface area contributed by atoms with Crippen LogP contribution in [0.2, 0.25) is 0 Å². The monoisotopic (exact) mass is 261 g/mol. The maximum atomic E-state index is 12.2. The zero-order valence-electron chi connectivity index (χ0n) is 11.8. The Hall–Kier alpha value is -1.55. The van der Waals surface area contributed by atoms with Gasteiger partial charge in [0.15, 0.2) is 0 Å². The predicted molar refractivity (Wildman–Crippen MR) is 78.3 cm³/mol. The van der Waals surface area contributed by atoms with Gasteiger partial charge in [-0.15, -0.1) is 0 Å². The summed E-state index contributed by atoms with van der Waals surface area (Å²) in [5, 5.41) is 2.98. The number of benzene rings is 1. The van der Waals surface area contributed by atoms with E-state index < -0.39 is 0 Å². The third-order valence-corrected chi connectivity index (χ3v) is 3.72. The van der Waals surface area contributed by atoms with Crippen molar-refractivity contribution in [1.82, 2.24) is 5.32 Å². The van der Waals surface area contributed by atoms with Gasteiger partial charge in [0.1, 0.15) is 6.04 Å². The van der Waals surface area contributed by atoms with Crippen LogP contribution < -0.4 is 16.0 Å². The molecule has 0 aliphatic carbocycles. The Labute approximate surface area is 115 Å². The molecule has 4 nitrogen and oxygen atoms in total. The number of rotatable bonds is 3. The summed E-state index contributed by atoms with van der Waals surface area (Å²) in [4.78, 5) is 14.4. The molecule has 1 fully saturated rings. The summed E-state index contributed by atoms with van der Waals surface area (Å²) in [6.07, 6.45) is 1.67. The van der Waals surface area contributed by atoms with E-state index in [1.54, 1.807) is 0 Å². The molecule has 1 aliphatic heterocycles. The Balaban J connectivity index is 2.40. The fraction of sp³-hybridized carbons (Fsp3) is 0.533. The molecule has 1 aliphatic rings. The van der Waals surface area contributed by atoms with Gasteiger partial charge in [0.2, 0.25) is 5.91 Å². The average Bonchev–Trinajstić information content (AvgIpc) is 2.54. The zero-order valence-corrected chi connectivity index (χ0v) is 11.8. The second-order valence-electron chi connectivity index (χ2n) is 5.17. The van der Waals surface area contributed by atoms with Gasteiger partial charge in [0, 0.05) is 18.8 Å². The van der Waals surface area contributed by atoms with Gasteiger partial charge in [-0.3, -0.25) is 4.79 Å². The van der Waals surface area contributed by atoms with E-state index in [4.69, 9.17) is 5.73 Å². The molecular weight excluding hydrogens is 238 g/mol. The second kappa shape index (κ2) is 6.06. The fourth-order valence-electron chi connectivity index (χ4n) is 2.85. The minimum Gasteiger partial charge on any atom is -0.359 e. The highest BCUT2D eigenvalue weighted by Crippen LogP contribution is 2.28. The molecule has 1 amide bonds. The average molecular weight is 261 g/mol. The van der Waals surface area contributed by atoms with Crippen LogP contribution in [0.15, 0.2) is 18.2 Å². The summed E-state index contributed by atoms with van der Waals surface area (Å²) < 4.78 is 0. The van der Waals surface area contributed by atoms with E-state index in [1.807, 2.05) is 0 Å². The highest BCUT2D eigenvalue weighted by molar-refractivity contribution is 5.86. The number of amides is 1. The number of aryl methyl sites for hydroxylation is 2. The summed E-state index contributed by atoms with van der Waals surface area (Å²) in [6.45, 7) is 6.38. The van der Waals surface area contributed by atoms with Crippen LogP contribution in [-0.2, 0) is 4.79 Å². The van der Waals surface area contributed by atoms with Crippen LogP contribution in [0.25, 0.3) is 0 Å². The van der Waals surface area contributed by atoms with Gasteiger partial charge in [-0.1, -0.05) is 18.2 Å². The van der Waals surface area contributed by atoms with Gasteiger partial charge >= 0.3 is 0 Å². The molecule has 0 bridgehead atoms. The van der Waals surface area contributed by atoms with Crippen LogP contribution >= 0.6 is 0 Å². The first-order chi connectivity index (χ1) is 9.15. The summed E-state index contributed by atoms with van der Waals surface area (Å²) in [5.41, 5.74) is 9.31. The number of carbonyl (C=O) groups excluding carboxylic acids is 1. The normalized spacial score (nSPS) is 20.1. The van der Waals surface area contributed by atoms with E-state index in [0.29, 0.717) is 13.0 Å². The van der Waals surface area contributed by atoms with Gasteiger partial charge in [-0.2, -0.15) is 0 Å². The fourth-order valence-corrected chi connectivity index (χ4v) is 2.85. The van der Waals surface area contributed by atoms with Gasteiger partial charge in [-0.25, -0.2) is 0 Å². The molecule has 19 heavy (non-hydrogen) atoms. The number of carbonyl (C=O) groups is 1. The third-order valence-electron chi connectivity index (χ3n) is 3.72. The number of para-hydroxylation sites is 1. The van der Waals surface area contributed by atoms with Crippen molar-refractivity contribution in [3.63, 3.8) is 0 Å². The Morgan fingerprint density at radius 2 is 2.05 bits per heavy atom. The van der Waals surface area contributed by atoms with Crippen LogP contribution in [0.5, 0.6) is 0 Å². The number of anilines is 1. The molecule has 0 aromatic heterocycles. The van der Waals surface area contributed by atoms with Crippen molar-refractivity contribution in [3.8, 4) is 0 Å². The molecule has 1 aromatic rings. The molecule has 1 unspecified atom stereocenters. The first-order valence-electron chi connectivity index (χ1n) is 6.95. The molecule has 0 saturated carbocycles. The van der Waals surface area contributed by atoms with E-state index in [-0.39, 0.29) is 11.9 Å². The lowest BCUT2D eigenvalue weighted by atomic mass is 10.0. The highest BCUT2D eigenvalue weighted by Gasteiger charge is 2.29. The van der Waals surface area contributed by atoms with E-state index in [9.17, 15) is 4.79 Å². The molecule has 1 atom stereocenters. The summed E-state index contributed by atoms with van der Waals surface area (Å²) in [5.74, 6) is 0.102. The number of nitrogens with two attached hydrogens (primary N) is 1. The minimum atomic E-state index is -0.146. The first-order valence-corrected chi connectivity index (χ1v) is 6.95. The van der Waals surface area contributed by atoms with E-state index in [0.717, 1.165) is 19.5 Å². The molecule has 0 spiro atoms. The Bertz CT molecular complexity index is 438. The van der Waals surface area contributed by atoms with Crippen LogP contribution in [0, 0.1) is 13.8 Å². The molecule has 1 saturated heterocycles. The first kappa shape index (κ1) is 13.9. The summed E-state index contributed by atoms with van der Waals surface area (Å²) >= 11 is 0.